The number of pyridine rings is 1. The van der Waals surface area contributed by atoms with Crippen LogP contribution in [0.1, 0.15) is 17.0 Å². The molecule has 1 aliphatic rings. The minimum Gasteiger partial charge on any atom is -0.435 e. The number of nitrogen functional groups attached to an aromatic ring is 1. The Labute approximate surface area is 182 Å². The highest BCUT2D eigenvalue weighted by Crippen LogP contribution is 2.31. The minimum atomic E-state index is -2.94. The maximum atomic E-state index is 13.2. The third-order valence-electron chi connectivity index (χ3n) is 4.88. The van der Waals surface area contributed by atoms with E-state index in [1.54, 1.807) is 42.5 Å². The molecular formula is C23H18F2N4O3. The molecule has 2 aromatic carbocycles. The summed E-state index contributed by atoms with van der Waals surface area (Å²) in [6, 6.07) is 17.7. The largest absolute Gasteiger partial charge is 0.435 e. The Morgan fingerprint density at radius 3 is 2.38 bits per heavy atom. The highest BCUT2D eigenvalue weighted by Gasteiger charge is 2.45. The van der Waals surface area contributed by atoms with Crippen LogP contribution in [-0.2, 0) is 16.1 Å². The van der Waals surface area contributed by atoms with Gasteiger partial charge in [-0.1, -0.05) is 36.4 Å². The van der Waals surface area contributed by atoms with E-state index in [-0.39, 0.29) is 18.0 Å². The van der Waals surface area contributed by atoms with Crippen LogP contribution in [0.5, 0.6) is 5.75 Å². The molecule has 2 heterocycles. The van der Waals surface area contributed by atoms with Gasteiger partial charge in [-0.05, 0) is 41.5 Å². The summed E-state index contributed by atoms with van der Waals surface area (Å²) in [6.45, 7) is -2.92. The van der Waals surface area contributed by atoms with Crippen LogP contribution in [0, 0.1) is 0 Å². The molecular weight excluding hydrogens is 418 g/mol. The zero-order valence-electron chi connectivity index (χ0n) is 16.7. The molecule has 7 nitrogen and oxygen atoms in total. The van der Waals surface area contributed by atoms with Gasteiger partial charge in [-0.3, -0.25) is 14.5 Å². The quantitative estimate of drug-likeness (QED) is 0.595. The maximum Gasteiger partial charge on any atom is 0.387 e. The first kappa shape index (κ1) is 21.1. The Balaban J connectivity index is 1.69. The molecule has 2 amide bonds. The summed E-state index contributed by atoms with van der Waals surface area (Å²) in [4.78, 5) is 36.0. The lowest BCUT2D eigenvalue weighted by Gasteiger charge is -2.14. The molecule has 1 fully saturated rings. The minimum absolute atomic E-state index is 0.0223. The number of carbonyl (C=O) groups excluding carboxylic acids is 2. The normalized spacial score (nSPS) is 17.4. The summed E-state index contributed by atoms with van der Waals surface area (Å²) in [7, 11) is 0. The Kier molecular flexibility index (Phi) is 5.89. The van der Waals surface area contributed by atoms with E-state index in [1.807, 2.05) is 0 Å². The van der Waals surface area contributed by atoms with Crippen molar-refractivity contribution in [3.05, 3.63) is 84.1 Å². The number of imide groups is 1. The maximum absolute atomic E-state index is 13.2. The van der Waals surface area contributed by atoms with Crippen LogP contribution in [0.4, 0.5) is 20.3 Å². The Morgan fingerprint density at radius 1 is 1.03 bits per heavy atom. The second-order valence-electron chi connectivity index (χ2n) is 7.03. The molecule has 0 bridgehead atoms. The number of carbonyl (C=O) groups is 2. The molecule has 1 atom stereocenters. The number of anilines is 1. The van der Waals surface area contributed by atoms with Gasteiger partial charge in [0.15, 0.2) is 0 Å². The summed E-state index contributed by atoms with van der Waals surface area (Å²) in [6.07, 6.45) is 1.50. The number of rotatable bonds is 6. The Morgan fingerprint density at radius 2 is 1.75 bits per heavy atom. The van der Waals surface area contributed by atoms with E-state index in [9.17, 15) is 18.4 Å². The number of aromatic nitrogens is 1. The van der Waals surface area contributed by atoms with Crippen LogP contribution < -0.4 is 10.5 Å². The number of amides is 2. The van der Waals surface area contributed by atoms with Crippen LogP contribution >= 0.6 is 0 Å². The van der Waals surface area contributed by atoms with Gasteiger partial charge in [-0.25, -0.2) is 9.98 Å². The van der Waals surface area contributed by atoms with E-state index in [4.69, 9.17) is 5.73 Å². The number of alkyl halides is 2. The van der Waals surface area contributed by atoms with Crippen molar-refractivity contribution in [3.8, 4) is 5.75 Å². The number of halogens is 2. The van der Waals surface area contributed by atoms with Crippen LogP contribution in [-0.4, -0.2) is 34.0 Å². The Bertz CT molecular complexity index is 1150. The van der Waals surface area contributed by atoms with E-state index in [0.717, 1.165) is 4.90 Å². The number of hydrogen-bond acceptors (Lipinski definition) is 6. The fourth-order valence-corrected chi connectivity index (χ4v) is 3.40. The smallest absolute Gasteiger partial charge is 0.387 e. The molecule has 0 spiro atoms. The van der Waals surface area contributed by atoms with Gasteiger partial charge in [-0.2, -0.15) is 8.78 Å². The summed E-state index contributed by atoms with van der Waals surface area (Å²) < 4.78 is 29.1. The third kappa shape index (κ3) is 4.46. The average Bonchev–Trinajstić information content (AvgIpc) is 3.01. The summed E-state index contributed by atoms with van der Waals surface area (Å²) >= 11 is 0. The van der Waals surface area contributed by atoms with Gasteiger partial charge >= 0.3 is 6.61 Å². The van der Waals surface area contributed by atoms with E-state index in [1.165, 1.54) is 30.5 Å². The number of nitrogens with two attached hydrogens (primary N) is 1. The van der Waals surface area contributed by atoms with Crippen LogP contribution in [0.2, 0.25) is 0 Å². The zero-order valence-corrected chi connectivity index (χ0v) is 16.7. The summed E-state index contributed by atoms with van der Waals surface area (Å²) in [5.74, 6) is -1.53. The molecule has 9 heteroatoms. The van der Waals surface area contributed by atoms with Crippen LogP contribution in [0.15, 0.2) is 77.9 Å². The molecule has 3 aromatic rings. The molecule has 4 rings (SSSR count). The number of likely N-dealkylation sites (tertiary alicyclic amines) is 1. The molecule has 1 aliphatic heterocycles. The zero-order chi connectivity index (χ0) is 22.7. The molecule has 162 valence electrons. The predicted molar refractivity (Wildman–Crippen MR) is 114 cm³/mol. The first-order valence-corrected chi connectivity index (χ1v) is 9.67. The van der Waals surface area contributed by atoms with Crippen molar-refractivity contribution >= 4 is 29.0 Å². The molecule has 1 saturated heterocycles. The van der Waals surface area contributed by atoms with Crippen molar-refractivity contribution < 1.29 is 23.1 Å². The van der Waals surface area contributed by atoms with Gasteiger partial charge in [0.25, 0.3) is 5.91 Å². The van der Waals surface area contributed by atoms with Crippen molar-refractivity contribution in [2.24, 2.45) is 4.99 Å². The molecule has 2 N–H and O–H groups in total. The number of aliphatic imine (C=N–C) groups is 1. The van der Waals surface area contributed by atoms with E-state index in [0.29, 0.717) is 22.6 Å². The van der Waals surface area contributed by atoms with Crippen LogP contribution in [0.3, 0.4) is 0 Å². The van der Waals surface area contributed by atoms with E-state index >= 15 is 0 Å². The molecule has 32 heavy (non-hydrogen) atoms. The molecule has 1 unspecified atom stereocenters. The molecule has 0 saturated carbocycles. The fraction of sp³-hybridized carbons (Fsp3) is 0.130. The van der Waals surface area contributed by atoms with Crippen molar-refractivity contribution in [3.63, 3.8) is 0 Å². The molecule has 0 radical (unpaired) electrons. The monoisotopic (exact) mass is 436 g/mol. The van der Waals surface area contributed by atoms with Gasteiger partial charge in [-0.15, -0.1) is 0 Å². The second-order valence-corrected chi connectivity index (χ2v) is 7.03. The Hall–Kier alpha value is -4.14. The van der Waals surface area contributed by atoms with Crippen molar-refractivity contribution in [2.45, 2.75) is 19.1 Å². The lowest BCUT2D eigenvalue weighted by Crippen LogP contribution is -2.30. The molecule has 1 aromatic heterocycles. The van der Waals surface area contributed by atoms with E-state index < -0.39 is 24.3 Å². The first-order chi connectivity index (χ1) is 15.4. The molecule has 0 aliphatic carbocycles. The topological polar surface area (TPSA) is 97.9 Å². The predicted octanol–water partition coefficient (Wildman–Crippen LogP) is 3.69. The fourth-order valence-electron chi connectivity index (χ4n) is 3.40. The van der Waals surface area contributed by atoms with Gasteiger partial charge in [0.1, 0.15) is 23.2 Å². The van der Waals surface area contributed by atoms with Crippen molar-refractivity contribution in [1.82, 2.24) is 9.88 Å². The second kappa shape index (κ2) is 8.93. The summed E-state index contributed by atoms with van der Waals surface area (Å²) in [5.41, 5.74) is 7.25. The van der Waals surface area contributed by atoms with Crippen LogP contribution in [0.25, 0.3) is 0 Å². The standard InChI is InChI=1S/C23H18F2N4O3/c24-23(25)32-17-9-7-16(8-10-17)28-20-19(15-4-2-1-3-5-15)21(30)29(22(20)31)13-14-6-11-18(26)27-12-14/h1-12,19,23H,13H2,(H2,26,27). The van der Waals surface area contributed by atoms with Gasteiger partial charge in [0.2, 0.25) is 5.91 Å². The van der Waals surface area contributed by atoms with Gasteiger partial charge in [0.05, 0.1) is 12.2 Å². The van der Waals surface area contributed by atoms with E-state index in [2.05, 4.69) is 14.7 Å². The van der Waals surface area contributed by atoms with Crippen molar-refractivity contribution in [2.75, 3.05) is 5.73 Å². The third-order valence-corrected chi connectivity index (χ3v) is 4.88. The summed E-state index contributed by atoms with van der Waals surface area (Å²) in [5, 5.41) is 0. The number of ether oxygens (including phenoxy) is 1. The van der Waals surface area contributed by atoms with Gasteiger partial charge in [0, 0.05) is 6.20 Å². The number of hydrogen-bond donors (Lipinski definition) is 1. The SMILES string of the molecule is Nc1ccc(CN2C(=O)C(=Nc3ccc(OC(F)F)cc3)C(c3ccccc3)C2=O)cn1. The highest BCUT2D eigenvalue weighted by atomic mass is 19.3. The van der Waals surface area contributed by atoms with Crippen molar-refractivity contribution in [1.29, 1.82) is 0 Å². The highest BCUT2D eigenvalue weighted by molar-refractivity contribution is 6.52. The van der Waals surface area contributed by atoms with Gasteiger partial charge < -0.3 is 10.5 Å². The number of nitrogens with zero attached hydrogens (tertiary/aromatic N) is 3. The lowest BCUT2D eigenvalue weighted by atomic mass is 9.96. The first-order valence-electron chi connectivity index (χ1n) is 9.67. The number of benzene rings is 2. The average molecular weight is 436 g/mol. The lowest BCUT2D eigenvalue weighted by molar-refractivity contribution is -0.138.